The van der Waals surface area contributed by atoms with Crippen molar-refractivity contribution in [2.45, 2.75) is 36.0 Å². The van der Waals surface area contributed by atoms with Crippen LogP contribution in [0.15, 0.2) is 52.3 Å². The molecule has 0 amide bonds. The molecule has 0 atom stereocenters. The van der Waals surface area contributed by atoms with Crippen LogP contribution in [0.2, 0.25) is 0 Å². The van der Waals surface area contributed by atoms with Gasteiger partial charge < -0.3 is 9.80 Å². The number of nitrogens with zero attached hydrogens (tertiary/aromatic N) is 2. The van der Waals surface area contributed by atoms with Crippen LogP contribution >= 0.6 is 11.8 Å². The fourth-order valence-corrected chi connectivity index (χ4v) is 4.24. The molecule has 0 aliphatic carbocycles. The first-order valence-corrected chi connectivity index (χ1v) is 9.78. The summed E-state index contributed by atoms with van der Waals surface area (Å²) >= 11 is 1.80. The van der Waals surface area contributed by atoms with E-state index in [1.807, 2.05) is 6.07 Å². The summed E-state index contributed by atoms with van der Waals surface area (Å²) in [7, 11) is 4.21. The molecule has 0 unspecified atom stereocenters. The van der Waals surface area contributed by atoms with Gasteiger partial charge in [0.2, 0.25) is 0 Å². The van der Waals surface area contributed by atoms with E-state index in [0.29, 0.717) is 6.42 Å². The van der Waals surface area contributed by atoms with Gasteiger partial charge in [-0.2, -0.15) is 0 Å². The highest BCUT2D eigenvalue weighted by molar-refractivity contribution is 7.99. The van der Waals surface area contributed by atoms with Gasteiger partial charge in [0, 0.05) is 28.3 Å². The number of benzene rings is 2. The van der Waals surface area contributed by atoms with E-state index in [1.54, 1.807) is 11.8 Å². The van der Waals surface area contributed by atoms with E-state index < -0.39 is 0 Å². The Morgan fingerprint density at radius 1 is 1.08 bits per heavy atom. The summed E-state index contributed by atoms with van der Waals surface area (Å²) in [6.45, 7) is 4.06. The molecule has 0 spiro atoms. The van der Waals surface area contributed by atoms with Crippen LogP contribution in [0.1, 0.15) is 36.5 Å². The zero-order valence-electron chi connectivity index (χ0n) is 15.3. The Labute approximate surface area is 155 Å². The van der Waals surface area contributed by atoms with Crippen LogP contribution in [0.25, 0.3) is 0 Å². The summed E-state index contributed by atoms with van der Waals surface area (Å²) in [6, 6.07) is 14.7. The van der Waals surface area contributed by atoms with Gasteiger partial charge in [-0.3, -0.25) is 4.79 Å². The number of ketones is 1. The molecule has 0 fully saturated rings. The number of carbonyl (C=O) groups is 1. The number of carbonyl (C=O) groups excluding carboxylic acids is 1. The standard InChI is InChI=1S/C21H26N2OS/c1-4-8-19(24)16-11-12-21-18(15-16)23(14-7-13-22(2)3)17-9-5-6-10-20(17)25-21/h5-6,9-12,15H,4,7-8,13-14H2,1-3H3. The molecule has 25 heavy (non-hydrogen) atoms. The normalized spacial score (nSPS) is 12.9. The maximum Gasteiger partial charge on any atom is 0.162 e. The predicted molar refractivity (Wildman–Crippen MR) is 106 cm³/mol. The third-order valence-electron chi connectivity index (χ3n) is 4.41. The van der Waals surface area contributed by atoms with E-state index in [9.17, 15) is 4.79 Å². The van der Waals surface area contributed by atoms with Crippen molar-refractivity contribution >= 4 is 28.9 Å². The highest BCUT2D eigenvalue weighted by Gasteiger charge is 2.24. The Morgan fingerprint density at radius 3 is 2.60 bits per heavy atom. The van der Waals surface area contributed by atoms with Crippen LogP contribution in [0, 0.1) is 0 Å². The Morgan fingerprint density at radius 2 is 1.84 bits per heavy atom. The summed E-state index contributed by atoms with van der Waals surface area (Å²) < 4.78 is 0. The summed E-state index contributed by atoms with van der Waals surface area (Å²) in [6.07, 6.45) is 2.59. The zero-order chi connectivity index (χ0) is 17.8. The van der Waals surface area contributed by atoms with Crippen molar-refractivity contribution in [2.75, 3.05) is 32.1 Å². The molecule has 1 aliphatic rings. The largest absolute Gasteiger partial charge is 0.340 e. The van der Waals surface area contributed by atoms with Crippen molar-refractivity contribution in [2.24, 2.45) is 0 Å². The van der Waals surface area contributed by atoms with Crippen LogP contribution < -0.4 is 4.90 Å². The third-order valence-corrected chi connectivity index (χ3v) is 5.54. The number of para-hydroxylation sites is 1. The van der Waals surface area contributed by atoms with Gasteiger partial charge in [-0.05, 0) is 57.7 Å². The minimum Gasteiger partial charge on any atom is -0.340 e. The van der Waals surface area contributed by atoms with E-state index in [-0.39, 0.29) is 5.78 Å². The predicted octanol–water partition coefficient (Wildman–Crippen LogP) is 5.22. The maximum absolute atomic E-state index is 12.4. The Kier molecular flexibility index (Phi) is 5.82. The van der Waals surface area contributed by atoms with Gasteiger partial charge in [0.1, 0.15) is 0 Å². The minimum absolute atomic E-state index is 0.238. The molecule has 0 radical (unpaired) electrons. The fourth-order valence-electron chi connectivity index (χ4n) is 3.16. The molecule has 0 aromatic heterocycles. The van der Waals surface area contributed by atoms with Gasteiger partial charge in [-0.25, -0.2) is 0 Å². The first kappa shape index (κ1) is 18.0. The Balaban J connectivity index is 1.95. The molecular formula is C21H26N2OS. The van der Waals surface area contributed by atoms with Crippen molar-refractivity contribution in [1.82, 2.24) is 4.90 Å². The maximum atomic E-state index is 12.4. The van der Waals surface area contributed by atoms with Crippen molar-refractivity contribution in [3.8, 4) is 0 Å². The lowest BCUT2D eigenvalue weighted by Gasteiger charge is -2.33. The molecule has 2 aromatic rings. The van der Waals surface area contributed by atoms with Crippen molar-refractivity contribution in [3.63, 3.8) is 0 Å². The van der Waals surface area contributed by atoms with Crippen molar-refractivity contribution in [3.05, 3.63) is 48.0 Å². The van der Waals surface area contributed by atoms with E-state index in [1.165, 1.54) is 21.2 Å². The first-order valence-electron chi connectivity index (χ1n) is 8.96. The number of Topliss-reactive ketones (excluding diaryl/α,β-unsaturated/α-hetero) is 1. The molecule has 2 aromatic carbocycles. The molecule has 3 nitrogen and oxygen atoms in total. The summed E-state index contributed by atoms with van der Waals surface area (Å²) in [5.74, 6) is 0.238. The van der Waals surface area contributed by atoms with Crippen molar-refractivity contribution < 1.29 is 4.79 Å². The molecule has 3 rings (SSSR count). The third kappa shape index (κ3) is 4.07. The monoisotopic (exact) mass is 354 g/mol. The SMILES string of the molecule is CCCC(=O)c1ccc2c(c1)N(CCCN(C)C)c1ccccc1S2. The average Bonchev–Trinajstić information content (AvgIpc) is 2.60. The summed E-state index contributed by atoms with van der Waals surface area (Å²) in [4.78, 5) is 19.5. The van der Waals surface area contributed by atoms with Gasteiger partial charge in [-0.1, -0.05) is 36.9 Å². The quantitative estimate of drug-likeness (QED) is 0.636. The minimum atomic E-state index is 0.238. The van der Waals surface area contributed by atoms with Gasteiger partial charge in [0.25, 0.3) is 0 Å². The number of rotatable bonds is 7. The number of hydrogen-bond donors (Lipinski definition) is 0. The molecule has 0 bridgehead atoms. The van der Waals surface area contributed by atoms with Crippen LogP contribution in [0.4, 0.5) is 11.4 Å². The van der Waals surface area contributed by atoms with Gasteiger partial charge >= 0.3 is 0 Å². The zero-order valence-corrected chi connectivity index (χ0v) is 16.1. The van der Waals surface area contributed by atoms with Crippen LogP contribution in [-0.2, 0) is 0 Å². The van der Waals surface area contributed by atoms with Crippen molar-refractivity contribution in [1.29, 1.82) is 0 Å². The van der Waals surface area contributed by atoms with Crippen LogP contribution in [0.5, 0.6) is 0 Å². The lowest BCUT2D eigenvalue weighted by Crippen LogP contribution is -2.25. The van der Waals surface area contributed by atoms with E-state index in [0.717, 1.165) is 31.5 Å². The van der Waals surface area contributed by atoms with Gasteiger partial charge in [0.15, 0.2) is 5.78 Å². The second-order valence-corrected chi connectivity index (χ2v) is 7.82. The van der Waals surface area contributed by atoms with E-state index in [2.05, 4.69) is 67.2 Å². The molecule has 4 heteroatoms. The second kappa shape index (κ2) is 8.07. The van der Waals surface area contributed by atoms with E-state index >= 15 is 0 Å². The molecule has 1 heterocycles. The molecule has 0 saturated heterocycles. The lowest BCUT2D eigenvalue weighted by atomic mass is 10.1. The smallest absolute Gasteiger partial charge is 0.162 e. The Hall–Kier alpha value is -1.78. The average molecular weight is 355 g/mol. The lowest BCUT2D eigenvalue weighted by molar-refractivity contribution is 0.0981. The van der Waals surface area contributed by atoms with Gasteiger partial charge in [-0.15, -0.1) is 0 Å². The van der Waals surface area contributed by atoms with Crippen LogP contribution in [0.3, 0.4) is 0 Å². The molecule has 1 aliphatic heterocycles. The first-order chi connectivity index (χ1) is 12.1. The molecule has 0 N–H and O–H groups in total. The number of anilines is 2. The summed E-state index contributed by atoms with van der Waals surface area (Å²) in [5.41, 5.74) is 3.25. The highest BCUT2D eigenvalue weighted by atomic mass is 32.2. The highest BCUT2D eigenvalue weighted by Crippen LogP contribution is 2.48. The number of hydrogen-bond acceptors (Lipinski definition) is 4. The second-order valence-electron chi connectivity index (χ2n) is 6.73. The molecule has 0 saturated carbocycles. The van der Waals surface area contributed by atoms with Crippen LogP contribution in [-0.4, -0.2) is 37.9 Å². The van der Waals surface area contributed by atoms with E-state index in [4.69, 9.17) is 0 Å². The number of fused-ring (bicyclic) bond motifs is 2. The fraction of sp³-hybridized carbons (Fsp3) is 0.381. The molecule has 132 valence electrons. The Bertz CT molecular complexity index is 757. The topological polar surface area (TPSA) is 23.6 Å². The molecular weight excluding hydrogens is 328 g/mol. The van der Waals surface area contributed by atoms with Gasteiger partial charge in [0.05, 0.1) is 11.4 Å². The summed E-state index contributed by atoms with van der Waals surface area (Å²) in [5, 5.41) is 0.